The number of nitrogens with zero attached hydrogens (tertiary/aromatic N) is 1. The molecule has 19 heavy (non-hydrogen) atoms. The van der Waals surface area contributed by atoms with Crippen LogP contribution in [0.5, 0.6) is 5.88 Å². The molecule has 0 atom stereocenters. The Morgan fingerprint density at radius 2 is 2.16 bits per heavy atom. The van der Waals surface area contributed by atoms with Gasteiger partial charge in [-0.25, -0.2) is 9.37 Å². The molecule has 0 aliphatic heterocycles. The van der Waals surface area contributed by atoms with Crippen LogP contribution < -0.4 is 4.74 Å². The second-order valence-corrected chi connectivity index (χ2v) is 4.17. The molecule has 0 radical (unpaired) electrons. The fourth-order valence-electron chi connectivity index (χ4n) is 1.69. The number of aldehydes is 1. The predicted molar refractivity (Wildman–Crippen MR) is 71.2 cm³/mol. The molecule has 98 valence electrons. The van der Waals surface area contributed by atoms with Crippen molar-refractivity contribution in [3.8, 4) is 17.0 Å². The van der Waals surface area contributed by atoms with Gasteiger partial charge < -0.3 is 4.74 Å². The Labute approximate surface area is 115 Å². The molecule has 3 nitrogen and oxygen atoms in total. The molecule has 0 aliphatic carbocycles. The van der Waals surface area contributed by atoms with Crippen LogP contribution in [0, 0.1) is 5.82 Å². The normalized spacial score (nSPS) is 10.3. The number of hydrogen-bond acceptors (Lipinski definition) is 3. The summed E-state index contributed by atoms with van der Waals surface area (Å²) >= 11 is 6.06. The van der Waals surface area contributed by atoms with E-state index in [2.05, 4.69) is 4.98 Å². The van der Waals surface area contributed by atoms with Crippen molar-refractivity contribution in [1.82, 2.24) is 4.98 Å². The lowest BCUT2D eigenvalue weighted by atomic mass is 10.0. The van der Waals surface area contributed by atoms with Crippen molar-refractivity contribution in [3.05, 3.63) is 46.9 Å². The lowest BCUT2D eigenvalue weighted by Gasteiger charge is -2.09. The van der Waals surface area contributed by atoms with Crippen molar-refractivity contribution < 1.29 is 13.9 Å². The third kappa shape index (κ3) is 2.74. The van der Waals surface area contributed by atoms with Gasteiger partial charge in [-0.15, -0.1) is 0 Å². The number of hydrogen-bond donors (Lipinski definition) is 0. The predicted octanol–water partition coefficient (Wildman–Crippen LogP) is 3.75. The van der Waals surface area contributed by atoms with Gasteiger partial charge in [0, 0.05) is 27.9 Å². The van der Waals surface area contributed by atoms with Crippen molar-refractivity contribution in [1.29, 1.82) is 0 Å². The quantitative estimate of drug-likeness (QED) is 0.800. The van der Waals surface area contributed by atoms with Crippen LogP contribution in [0.25, 0.3) is 11.1 Å². The number of ether oxygens (including phenoxy) is 1. The van der Waals surface area contributed by atoms with Gasteiger partial charge in [0.05, 0.1) is 6.61 Å². The minimum absolute atomic E-state index is 0.0597. The molecule has 0 unspecified atom stereocenters. The average Bonchev–Trinajstić information content (AvgIpc) is 2.42. The Hall–Kier alpha value is -1.94. The standard InChI is InChI=1S/C14H11ClFNO2/c1-2-19-14-13(16)11(5-6-17-14)10-4-3-9(8-18)7-12(10)15/h3-8H,2H2,1H3. The van der Waals surface area contributed by atoms with Gasteiger partial charge in [0.25, 0.3) is 5.88 Å². The topological polar surface area (TPSA) is 39.2 Å². The molecule has 0 amide bonds. The fourth-order valence-corrected chi connectivity index (χ4v) is 1.98. The third-order valence-electron chi connectivity index (χ3n) is 2.56. The summed E-state index contributed by atoms with van der Waals surface area (Å²) in [5.41, 5.74) is 1.22. The van der Waals surface area contributed by atoms with E-state index in [4.69, 9.17) is 16.3 Å². The number of carbonyl (C=O) groups excluding carboxylic acids is 1. The van der Waals surface area contributed by atoms with Crippen LogP contribution >= 0.6 is 11.6 Å². The summed E-state index contributed by atoms with van der Waals surface area (Å²) in [4.78, 5) is 14.5. The minimum Gasteiger partial charge on any atom is -0.476 e. The van der Waals surface area contributed by atoms with E-state index in [1.165, 1.54) is 18.3 Å². The summed E-state index contributed by atoms with van der Waals surface area (Å²) < 4.78 is 19.3. The third-order valence-corrected chi connectivity index (χ3v) is 2.87. The van der Waals surface area contributed by atoms with E-state index >= 15 is 0 Å². The molecule has 0 aliphatic rings. The number of carbonyl (C=O) groups is 1. The molecule has 0 spiro atoms. The van der Waals surface area contributed by atoms with Gasteiger partial charge in [0.1, 0.15) is 6.29 Å². The van der Waals surface area contributed by atoms with Gasteiger partial charge in [-0.2, -0.15) is 0 Å². The van der Waals surface area contributed by atoms with Crippen LogP contribution in [0.1, 0.15) is 17.3 Å². The van der Waals surface area contributed by atoms with Gasteiger partial charge in [-0.1, -0.05) is 23.7 Å². The van der Waals surface area contributed by atoms with E-state index in [0.29, 0.717) is 34.6 Å². The first kappa shape index (κ1) is 13.5. The molecular formula is C14H11ClFNO2. The monoisotopic (exact) mass is 279 g/mol. The lowest BCUT2D eigenvalue weighted by molar-refractivity contribution is 0.112. The van der Waals surface area contributed by atoms with Gasteiger partial charge in [0.15, 0.2) is 5.82 Å². The van der Waals surface area contributed by atoms with Crippen molar-refractivity contribution in [2.45, 2.75) is 6.92 Å². The van der Waals surface area contributed by atoms with E-state index in [0.717, 1.165) is 0 Å². The molecule has 0 saturated heterocycles. The number of aromatic nitrogens is 1. The fraction of sp³-hybridized carbons (Fsp3) is 0.143. The Kier molecular flexibility index (Phi) is 4.12. The number of halogens is 2. The van der Waals surface area contributed by atoms with Crippen molar-refractivity contribution in [3.63, 3.8) is 0 Å². The molecule has 0 N–H and O–H groups in total. The Balaban J connectivity index is 2.52. The Morgan fingerprint density at radius 3 is 2.79 bits per heavy atom. The van der Waals surface area contributed by atoms with E-state index in [9.17, 15) is 9.18 Å². The van der Waals surface area contributed by atoms with Crippen LogP contribution in [0.3, 0.4) is 0 Å². The molecule has 0 saturated carbocycles. The van der Waals surface area contributed by atoms with Gasteiger partial charge >= 0.3 is 0 Å². The van der Waals surface area contributed by atoms with Crippen LogP contribution in [0.2, 0.25) is 5.02 Å². The summed E-state index contributed by atoms with van der Waals surface area (Å²) in [6.07, 6.45) is 2.14. The summed E-state index contributed by atoms with van der Waals surface area (Å²) in [7, 11) is 0. The summed E-state index contributed by atoms with van der Waals surface area (Å²) in [5.74, 6) is -0.624. The summed E-state index contributed by atoms with van der Waals surface area (Å²) in [5, 5.41) is 0.303. The van der Waals surface area contributed by atoms with Crippen LogP contribution in [0.15, 0.2) is 30.5 Å². The molecule has 1 heterocycles. The SMILES string of the molecule is CCOc1nccc(-c2ccc(C=O)cc2Cl)c1F. The van der Waals surface area contributed by atoms with Crippen LogP contribution in [0.4, 0.5) is 4.39 Å². The second kappa shape index (κ2) is 5.80. The van der Waals surface area contributed by atoms with E-state index in [-0.39, 0.29) is 5.88 Å². The molecule has 1 aromatic heterocycles. The van der Waals surface area contributed by atoms with Gasteiger partial charge in [-0.05, 0) is 19.1 Å². The number of rotatable bonds is 4. The zero-order chi connectivity index (χ0) is 13.8. The van der Waals surface area contributed by atoms with E-state index in [1.54, 1.807) is 19.1 Å². The maximum absolute atomic E-state index is 14.2. The van der Waals surface area contributed by atoms with Crippen molar-refractivity contribution in [2.75, 3.05) is 6.61 Å². The minimum atomic E-state index is -0.565. The Bertz CT molecular complexity index is 616. The van der Waals surface area contributed by atoms with Gasteiger partial charge in [0.2, 0.25) is 0 Å². The zero-order valence-corrected chi connectivity index (χ0v) is 10.9. The first-order chi connectivity index (χ1) is 9.17. The first-order valence-electron chi connectivity index (χ1n) is 5.69. The largest absolute Gasteiger partial charge is 0.476 e. The maximum atomic E-state index is 14.2. The van der Waals surface area contributed by atoms with E-state index in [1.807, 2.05) is 0 Å². The second-order valence-electron chi connectivity index (χ2n) is 3.77. The zero-order valence-electron chi connectivity index (χ0n) is 10.2. The van der Waals surface area contributed by atoms with E-state index < -0.39 is 5.82 Å². The highest BCUT2D eigenvalue weighted by Gasteiger charge is 2.14. The van der Waals surface area contributed by atoms with Crippen LogP contribution in [-0.2, 0) is 0 Å². The highest BCUT2D eigenvalue weighted by Crippen LogP contribution is 2.32. The lowest BCUT2D eigenvalue weighted by Crippen LogP contribution is -1.99. The molecule has 2 rings (SSSR count). The molecule has 2 aromatic rings. The Morgan fingerprint density at radius 1 is 1.37 bits per heavy atom. The van der Waals surface area contributed by atoms with Gasteiger partial charge in [-0.3, -0.25) is 4.79 Å². The van der Waals surface area contributed by atoms with Crippen molar-refractivity contribution in [2.24, 2.45) is 0 Å². The highest BCUT2D eigenvalue weighted by atomic mass is 35.5. The molecular weight excluding hydrogens is 269 g/mol. The highest BCUT2D eigenvalue weighted by molar-refractivity contribution is 6.33. The maximum Gasteiger partial charge on any atom is 0.251 e. The summed E-state index contributed by atoms with van der Waals surface area (Å²) in [6, 6.07) is 6.18. The number of pyridine rings is 1. The van der Waals surface area contributed by atoms with Crippen molar-refractivity contribution >= 4 is 17.9 Å². The smallest absolute Gasteiger partial charge is 0.251 e. The molecule has 0 fully saturated rings. The molecule has 0 bridgehead atoms. The average molecular weight is 280 g/mol. The number of benzene rings is 1. The molecule has 1 aromatic carbocycles. The van der Waals surface area contributed by atoms with Crippen LogP contribution in [-0.4, -0.2) is 17.9 Å². The first-order valence-corrected chi connectivity index (χ1v) is 6.07. The summed E-state index contributed by atoms with van der Waals surface area (Å²) in [6.45, 7) is 2.07. The molecule has 5 heteroatoms.